The van der Waals surface area contributed by atoms with Gasteiger partial charge in [-0.05, 0) is 25.3 Å². The molecule has 0 aromatic carbocycles. The molecule has 0 aliphatic carbocycles. The second-order valence-corrected chi connectivity index (χ2v) is 3.94. The van der Waals surface area contributed by atoms with Crippen LogP contribution in [-0.2, 0) is 0 Å². The van der Waals surface area contributed by atoms with E-state index in [1.165, 1.54) is 19.4 Å². The van der Waals surface area contributed by atoms with Gasteiger partial charge in [0.05, 0.1) is 0 Å². The minimum absolute atomic E-state index is 0.501. The van der Waals surface area contributed by atoms with E-state index in [4.69, 9.17) is 12.2 Å². The predicted molar refractivity (Wildman–Crippen MR) is 49.5 cm³/mol. The van der Waals surface area contributed by atoms with Gasteiger partial charge in [-0.25, -0.2) is 0 Å². The van der Waals surface area contributed by atoms with E-state index < -0.39 is 0 Å². The molecular formula is C10H16N2. The summed E-state index contributed by atoms with van der Waals surface area (Å²) in [6, 6.07) is 0.619. The van der Waals surface area contributed by atoms with Gasteiger partial charge in [-0.2, -0.15) is 0 Å². The van der Waals surface area contributed by atoms with Crippen LogP contribution in [0.1, 0.15) is 12.8 Å². The summed E-state index contributed by atoms with van der Waals surface area (Å²) < 4.78 is 0. The molecule has 2 nitrogen and oxygen atoms in total. The molecule has 2 N–H and O–H groups in total. The zero-order valence-corrected chi connectivity index (χ0v) is 7.37. The van der Waals surface area contributed by atoms with Gasteiger partial charge in [0, 0.05) is 25.0 Å². The van der Waals surface area contributed by atoms with Gasteiger partial charge in [-0.15, -0.1) is 12.3 Å². The standard InChI is InChI=1S/C10H16N2/c1-2-8-7-12-4-3-9(8)5-10(12)6-11/h1,8-10H,3-7,11H2/t8-,9-,10-/m0/s1. The van der Waals surface area contributed by atoms with Crippen molar-refractivity contribution in [2.24, 2.45) is 17.6 Å². The summed E-state index contributed by atoms with van der Waals surface area (Å²) in [7, 11) is 0. The SMILES string of the molecule is C#C[C@H]1CN2CC[C@H]1C[C@H]2CN. The topological polar surface area (TPSA) is 29.3 Å². The summed E-state index contributed by atoms with van der Waals surface area (Å²) in [5.74, 6) is 4.16. The van der Waals surface area contributed by atoms with Crippen molar-refractivity contribution in [1.29, 1.82) is 0 Å². The summed E-state index contributed by atoms with van der Waals surface area (Å²) in [6.45, 7) is 3.10. The molecule has 3 aliphatic heterocycles. The van der Waals surface area contributed by atoms with Crippen LogP contribution in [0, 0.1) is 24.2 Å². The van der Waals surface area contributed by atoms with E-state index in [9.17, 15) is 0 Å². The fourth-order valence-electron chi connectivity index (χ4n) is 2.57. The molecule has 0 aromatic heterocycles. The second-order valence-electron chi connectivity index (χ2n) is 3.94. The number of terminal acetylenes is 1. The molecule has 3 aliphatic rings. The summed E-state index contributed by atoms with van der Waals surface area (Å²) in [5, 5.41) is 0. The van der Waals surface area contributed by atoms with E-state index in [0.717, 1.165) is 19.0 Å². The number of fused-ring (bicyclic) bond motifs is 3. The molecular weight excluding hydrogens is 148 g/mol. The van der Waals surface area contributed by atoms with Crippen LogP contribution < -0.4 is 5.73 Å². The first kappa shape index (κ1) is 8.10. The maximum atomic E-state index is 5.68. The molecule has 3 rings (SSSR count). The summed E-state index contributed by atoms with van der Waals surface area (Å²) in [5.41, 5.74) is 5.68. The van der Waals surface area contributed by atoms with Crippen LogP contribution in [-0.4, -0.2) is 30.6 Å². The number of nitrogens with two attached hydrogens (primary N) is 1. The zero-order valence-electron chi connectivity index (χ0n) is 7.37. The van der Waals surface area contributed by atoms with Crippen molar-refractivity contribution < 1.29 is 0 Å². The Morgan fingerprint density at radius 3 is 2.92 bits per heavy atom. The largest absolute Gasteiger partial charge is 0.329 e. The molecule has 66 valence electrons. The van der Waals surface area contributed by atoms with Crippen molar-refractivity contribution in [2.75, 3.05) is 19.6 Å². The lowest BCUT2D eigenvalue weighted by Gasteiger charge is -2.48. The van der Waals surface area contributed by atoms with Gasteiger partial charge in [0.1, 0.15) is 0 Å². The van der Waals surface area contributed by atoms with Crippen molar-refractivity contribution in [2.45, 2.75) is 18.9 Å². The Morgan fingerprint density at radius 2 is 2.42 bits per heavy atom. The predicted octanol–water partition coefficient (Wildman–Crippen LogP) is 0.289. The third-order valence-corrected chi connectivity index (χ3v) is 3.36. The average molecular weight is 164 g/mol. The van der Waals surface area contributed by atoms with Crippen LogP contribution in [0.5, 0.6) is 0 Å². The second kappa shape index (κ2) is 3.08. The van der Waals surface area contributed by atoms with Gasteiger partial charge in [0.2, 0.25) is 0 Å². The Hall–Kier alpha value is -0.520. The summed E-state index contributed by atoms with van der Waals surface area (Å²) in [4.78, 5) is 2.46. The molecule has 0 spiro atoms. The van der Waals surface area contributed by atoms with E-state index >= 15 is 0 Å². The van der Waals surface area contributed by atoms with Crippen LogP contribution in [0.15, 0.2) is 0 Å². The molecule has 12 heavy (non-hydrogen) atoms. The average Bonchev–Trinajstić information content (AvgIpc) is 2.18. The van der Waals surface area contributed by atoms with Gasteiger partial charge in [0.25, 0.3) is 0 Å². The Labute approximate surface area is 74.1 Å². The minimum Gasteiger partial charge on any atom is -0.329 e. The first-order chi connectivity index (χ1) is 5.85. The van der Waals surface area contributed by atoms with Crippen LogP contribution in [0.4, 0.5) is 0 Å². The highest BCUT2D eigenvalue weighted by Gasteiger charge is 2.38. The third-order valence-electron chi connectivity index (χ3n) is 3.36. The molecule has 0 saturated carbocycles. The molecule has 2 heteroatoms. The normalized spacial score (nSPS) is 45.7. The van der Waals surface area contributed by atoms with Crippen molar-refractivity contribution >= 4 is 0 Å². The first-order valence-corrected chi connectivity index (χ1v) is 4.75. The maximum absolute atomic E-state index is 5.68. The van der Waals surface area contributed by atoms with Crippen LogP contribution >= 0.6 is 0 Å². The number of piperidine rings is 3. The van der Waals surface area contributed by atoms with E-state index in [2.05, 4.69) is 10.8 Å². The van der Waals surface area contributed by atoms with Gasteiger partial charge in [0.15, 0.2) is 0 Å². The maximum Gasteiger partial charge on any atom is 0.0356 e. The molecule has 3 saturated heterocycles. The molecule has 0 radical (unpaired) electrons. The molecule has 0 aromatic rings. The number of nitrogens with zero attached hydrogens (tertiary/aromatic N) is 1. The quantitative estimate of drug-likeness (QED) is 0.564. The van der Waals surface area contributed by atoms with E-state index in [0.29, 0.717) is 12.0 Å². The number of hydrogen-bond donors (Lipinski definition) is 1. The summed E-state index contributed by atoms with van der Waals surface area (Å²) in [6.07, 6.45) is 7.98. The van der Waals surface area contributed by atoms with Crippen molar-refractivity contribution in [3.63, 3.8) is 0 Å². The minimum atomic E-state index is 0.501. The van der Waals surface area contributed by atoms with E-state index in [1.54, 1.807) is 0 Å². The fraction of sp³-hybridized carbons (Fsp3) is 0.800. The van der Waals surface area contributed by atoms with Crippen molar-refractivity contribution in [3.8, 4) is 12.3 Å². The molecule has 3 fully saturated rings. The Morgan fingerprint density at radius 1 is 1.58 bits per heavy atom. The van der Waals surface area contributed by atoms with Gasteiger partial charge >= 0.3 is 0 Å². The third kappa shape index (κ3) is 1.14. The molecule has 1 unspecified atom stereocenters. The van der Waals surface area contributed by atoms with E-state index in [1.807, 2.05) is 0 Å². The van der Waals surface area contributed by atoms with Crippen LogP contribution in [0.25, 0.3) is 0 Å². The number of hydrogen-bond acceptors (Lipinski definition) is 2. The smallest absolute Gasteiger partial charge is 0.0356 e. The van der Waals surface area contributed by atoms with Gasteiger partial charge in [-0.1, -0.05) is 0 Å². The lowest BCUT2D eigenvalue weighted by molar-refractivity contribution is 0.0267. The fourth-order valence-corrected chi connectivity index (χ4v) is 2.57. The van der Waals surface area contributed by atoms with Crippen molar-refractivity contribution in [3.05, 3.63) is 0 Å². The molecule has 3 heterocycles. The highest BCUT2D eigenvalue weighted by Crippen LogP contribution is 2.35. The first-order valence-electron chi connectivity index (χ1n) is 4.75. The Kier molecular flexibility index (Phi) is 2.08. The number of rotatable bonds is 1. The van der Waals surface area contributed by atoms with Gasteiger partial charge < -0.3 is 5.73 Å². The monoisotopic (exact) mass is 164 g/mol. The molecule has 2 bridgehead atoms. The molecule has 4 atom stereocenters. The zero-order chi connectivity index (χ0) is 8.55. The lowest BCUT2D eigenvalue weighted by atomic mass is 9.76. The highest BCUT2D eigenvalue weighted by atomic mass is 15.2. The Balaban J connectivity index is 2.07. The van der Waals surface area contributed by atoms with Crippen molar-refractivity contribution in [1.82, 2.24) is 4.90 Å². The van der Waals surface area contributed by atoms with E-state index in [-0.39, 0.29) is 0 Å². The molecule has 0 amide bonds. The Bertz CT molecular complexity index is 206. The van der Waals surface area contributed by atoms with Gasteiger partial charge in [-0.3, -0.25) is 4.90 Å². The van der Waals surface area contributed by atoms with Crippen LogP contribution in [0.3, 0.4) is 0 Å². The summed E-state index contributed by atoms with van der Waals surface area (Å²) >= 11 is 0. The van der Waals surface area contributed by atoms with Crippen LogP contribution in [0.2, 0.25) is 0 Å². The highest BCUT2D eigenvalue weighted by molar-refractivity contribution is 5.05. The lowest BCUT2D eigenvalue weighted by Crippen LogP contribution is -2.55.